The van der Waals surface area contributed by atoms with Crippen LogP contribution in [-0.4, -0.2) is 27.2 Å². The van der Waals surface area contributed by atoms with Crippen molar-refractivity contribution in [3.05, 3.63) is 54.6 Å². The number of hydrazone groups is 1. The topological polar surface area (TPSA) is 75.2 Å². The van der Waals surface area contributed by atoms with Crippen molar-refractivity contribution in [2.75, 3.05) is 5.01 Å². The Morgan fingerprint density at radius 3 is 2.52 bits per heavy atom. The van der Waals surface area contributed by atoms with Gasteiger partial charge in [-0.05, 0) is 31.2 Å². The van der Waals surface area contributed by atoms with E-state index >= 15 is 0 Å². The minimum absolute atomic E-state index is 0.216. The first-order valence-electron chi connectivity index (χ1n) is 7.91. The maximum atomic E-state index is 12.6. The average Bonchev–Trinajstić information content (AvgIpc) is 3.11. The van der Waals surface area contributed by atoms with E-state index in [2.05, 4.69) is 20.3 Å². The molecular weight excluding hydrogens is 316 g/mol. The minimum atomic E-state index is -0.722. The number of amides is 1. The SMILES string of the molecule is CC1=NN(c2ccccc2)C(=O)[C@H]1N=Nc1nc2ccccc2n1C. The van der Waals surface area contributed by atoms with Crippen LogP contribution >= 0.6 is 0 Å². The summed E-state index contributed by atoms with van der Waals surface area (Å²) >= 11 is 0. The third kappa shape index (κ3) is 2.59. The van der Waals surface area contributed by atoms with E-state index in [1.165, 1.54) is 5.01 Å². The van der Waals surface area contributed by atoms with Gasteiger partial charge in [0.05, 0.1) is 22.4 Å². The number of nitrogens with zero attached hydrogens (tertiary/aromatic N) is 6. The maximum absolute atomic E-state index is 12.6. The fourth-order valence-electron chi connectivity index (χ4n) is 2.77. The highest BCUT2D eigenvalue weighted by atomic mass is 16.2. The molecule has 0 N–H and O–H groups in total. The van der Waals surface area contributed by atoms with Gasteiger partial charge in [-0.15, -0.1) is 5.11 Å². The third-order valence-electron chi connectivity index (χ3n) is 4.12. The third-order valence-corrected chi connectivity index (χ3v) is 4.12. The molecule has 124 valence electrons. The van der Waals surface area contributed by atoms with Crippen LogP contribution in [0.2, 0.25) is 0 Å². The lowest BCUT2D eigenvalue weighted by molar-refractivity contribution is -0.117. The van der Waals surface area contributed by atoms with Gasteiger partial charge < -0.3 is 4.57 Å². The summed E-state index contributed by atoms with van der Waals surface area (Å²) in [6.45, 7) is 1.78. The van der Waals surface area contributed by atoms with Crippen LogP contribution in [0.15, 0.2) is 69.9 Å². The number of azo groups is 1. The molecule has 0 spiro atoms. The number of aryl methyl sites for hydroxylation is 1. The van der Waals surface area contributed by atoms with Crippen LogP contribution < -0.4 is 5.01 Å². The molecule has 7 nitrogen and oxygen atoms in total. The first-order chi connectivity index (χ1) is 12.1. The van der Waals surface area contributed by atoms with E-state index in [4.69, 9.17) is 0 Å². The predicted molar refractivity (Wildman–Crippen MR) is 96.1 cm³/mol. The van der Waals surface area contributed by atoms with E-state index in [1.54, 1.807) is 6.92 Å². The summed E-state index contributed by atoms with van der Waals surface area (Å²) in [5, 5.41) is 14.1. The van der Waals surface area contributed by atoms with Crippen LogP contribution in [0, 0.1) is 0 Å². The van der Waals surface area contributed by atoms with Crippen LogP contribution in [0.25, 0.3) is 11.0 Å². The van der Waals surface area contributed by atoms with E-state index in [9.17, 15) is 4.79 Å². The van der Waals surface area contributed by atoms with Gasteiger partial charge in [0, 0.05) is 7.05 Å². The Bertz CT molecular complexity index is 1000. The Labute approximate surface area is 144 Å². The van der Waals surface area contributed by atoms with E-state index in [1.807, 2.05) is 66.2 Å². The number of hydrogen-bond acceptors (Lipinski definition) is 5. The minimum Gasteiger partial charge on any atom is -0.310 e. The molecule has 1 atom stereocenters. The number of hydrogen-bond donors (Lipinski definition) is 0. The first kappa shape index (κ1) is 15.2. The molecule has 1 aliphatic heterocycles. The summed E-state index contributed by atoms with van der Waals surface area (Å²) in [5.41, 5.74) is 3.13. The summed E-state index contributed by atoms with van der Waals surface area (Å²) in [6, 6.07) is 16.3. The molecule has 1 aromatic heterocycles. The highest BCUT2D eigenvalue weighted by molar-refractivity contribution is 6.18. The van der Waals surface area contributed by atoms with Crippen molar-refractivity contribution in [3.63, 3.8) is 0 Å². The zero-order chi connectivity index (χ0) is 17.4. The lowest BCUT2D eigenvalue weighted by atomic mass is 10.2. The standard InChI is InChI=1S/C18H16N6O/c1-12-16(17(25)24(22-12)13-8-4-3-5-9-13)20-21-18-19-14-10-6-7-11-15(14)23(18)2/h3-11,16H,1-2H3/t16-/m0/s1. The Morgan fingerprint density at radius 1 is 1.04 bits per heavy atom. The Kier molecular flexibility index (Phi) is 3.61. The number of anilines is 1. The summed E-state index contributed by atoms with van der Waals surface area (Å²) in [7, 11) is 1.87. The van der Waals surface area contributed by atoms with Crippen LogP contribution in [0.1, 0.15) is 6.92 Å². The fraction of sp³-hybridized carbons (Fsp3) is 0.167. The molecule has 2 aromatic carbocycles. The van der Waals surface area contributed by atoms with Crippen LogP contribution in [-0.2, 0) is 11.8 Å². The lowest BCUT2D eigenvalue weighted by Gasteiger charge is -2.11. The van der Waals surface area contributed by atoms with Crippen molar-refractivity contribution in [1.82, 2.24) is 9.55 Å². The molecule has 0 radical (unpaired) electrons. The van der Waals surface area contributed by atoms with Crippen molar-refractivity contribution in [3.8, 4) is 0 Å². The molecule has 0 bridgehead atoms. The summed E-state index contributed by atoms with van der Waals surface area (Å²) in [4.78, 5) is 17.1. The van der Waals surface area contributed by atoms with Crippen molar-refractivity contribution in [2.24, 2.45) is 22.4 Å². The Balaban J connectivity index is 1.62. The number of imidazole rings is 1. The molecule has 0 unspecified atom stereocenters. The smallest absolute Gasteiger partial charge is 0.280 e. The van der Waals surface area contributed by atoms with Crippen molar-refractivity contribution >= 4 is 34.3 Å². The van der Waals surface area contributed by atoms with Gasteiger partial charge in [0.15, 0.2) is 6.04 Å². The normalized spacial score (nSPS) is 17.7. The zero-order valence-corrected chi connectivity index (χ0v) is 13.9. The number of para-hydroxylation sites is 3. The van der Waals surface area contributed by atoms with E-state index in [-0.39, 0.29) is 5.91 Å². The molecule has 2 heterocycles. The maximum Gasteiger partial charge on any atom is 0.280 e. The molecule has 7 heteroatoms. The summed E-state index contributed by atoms with van der Waals surface area (Å²) < 4.78 is 1.85. The highest BCUT2D eigenvalue weighted by Crippen LogP contribution is 2.24. The second-order valence-electron chi connectivity index (χ2n) is 5.80. The second-order valence-corrected chi connectivity index (χ2v) is 5.80. The molecule has 1 amide bonds. The number of carbonyl (C=O) groups excluding carboxylic acids is 1. The first-order valence-corrected chi connectivity index (χ1v) is 7.91. The quantitative estimate of drug-likeness (QED) is 0.689. The number of fused-ring (bicyclic) bond motifs is 1. The molecule has 1 aliphatic rings. The Hall–Kier alpha value is -3.35. The summed E-state index contributed by atoms with van der Waals surface area (Å²) in [5.74, 6) is 0.242. The highest BCUT2D eigenvalue weighted by Gasteiger charge is 2.34. The van der Waals surface area contributed by atoms with Crippen LogP contribution in [0.3, 0.4) is 0 Å². The molecule has 0 fully saturated rings. The van der Waals surface area contributed by atoms with Gasteiger partial charge in [-0.3, -0.25) is 4.79 Å². The molecular formula is C18H16N6O. The van der Waals surface area contributed by atoms with Gasteiger partial charge in [-0.2, -0.15) is 15.2 Å². The molecule has 3 aromatic rings. The van der Waals surface area contributed by atoms with Gasteiger partial charge in [0.2, 0.25) is 5.95 Å². The van der Waals surface area contributed by atoms with Crippen LogP contribution in [0.4, 0.5) is 11.6 Å². The van der Waals surface area contributed by atoms with Gasteiger partial charge in [0.25, 0.3) is 5.91 Å². The van der Waals surface area contributed by atoms with Gasteiger partial charge in [0.1, 0.15) is 0 Å². The van der Waals surface area contributed by atoms with Crippen molar-refractivity contribution < 1.29 is 4.79 Å². The molecule has 25 heavy (non-hydrogen) atoms. The van der Waals surface area contributed by atoms with Gasteiger partial charge in [-0.25, -0.2) is 4.98 Å². The van der Waals surface area contributed by atoms with E-state index < -0.39 is 6.04 Å². The second kappa shape index (κ2) is 5.94. The number of benzene rings is 2. The zero-order valence-electron chi connectivity index (χ0n) is 13.9. The van der Waals surface area contributed by atoms with E-state index in [0.29, 0.717) is 17.3 Å². The average molecular weight is 332 g/mol. The van der Waals surface area contributed by atoms with E-state index in [0.717, 1.165) is 11.0 Å². The van der Waals surface area contributed by atoms with Crippen molar-refractivity contribution in [2.45, 2.75) is 13.0 Å². The van der Waals surface area contributed by atoms with Crippen molar-refractivity contribution in [1.29, 1.82) is 0 Å². The number of carbonyl (C=O) groups is 1. The summed E-state index contributed by atoms with van der Waals surface area (Å²) in [6.07, 6.45) is 0. The molecule has 4 rings (SSSR count). The van der Waals surface area contributed by atoms with Gasteiger partial charge >= 0.3 is 0 Å². The number of aromatic nitrogens is 2. The van der Waals surface area contributed by atoms with Crippen LogP contribution in [0.5, 0.6) is 0 Å². The molecule has 0 aliphatic carbocycles. The predicted octanol–water partition coefficient (Wildman–Crippen LogP) is 3.45. The molecule has 0 saturated carbocycles. The Morgan fingerprint density at radius 2 is 1.76 bits per heavy atom. The number of rotatable bonds is 3. The molecule has 0 saturated heterocycles. The monoisotopic (exact) mass is 332 g/mol. The van der Waals surface area contributed by atoms with Gasteiger partial charge in [-0.1, -0.05) is 30.3 Å². The fourth-order valence-corrected chi connectivity index (χ4v) is 2.77. The lowest BCUT2D eigenvalue weighted by Crippen LogP contribution is -2.29. The largest absolute Gasteiger partial charge is 0.310 e.